The van der Waals surface area contributed by atoms with Gasteiger partial charge in [-0.05, 0) is 53.1 Å². The van der Waals surface area contributed by atoms with Gasteiger partial charge in [-0.2, -0.15) is 0 Å². The van der Waals surface area contributed by atoms with Crippen LogP contribution < -0.4 is 5.32 Å². The normalized spacial score (nSPS) is 14.6. The molecule has 1 aliphatic heterocycles. The van der Waals surface area contributed by atoms with Crippen molar-refractivity contribution in [2.24, 2.45) is 9.98 Å². The summed E-state index contributed by atoms with van der Waals surface area (Å²) in [6.45, 7) is 0. The fourth-order valence-corrected chi connectivity index (χ4v) is 7.27. The van der Waals surface area contributed by atoms with E-state index in [-0.39, 0.29) is 6.17 Å². The van der Waals surface area contributed by atoms with Gasteiger partial charge < -0.3 is 14.3 Å². The van der Waals surface area contributed by atoms with Gasteiger partial charge in [-0.1, -0.05) is 133 Å². The second-order valence-electron chi connectivity index (χ2n) is 12.7. The van der Waals surface area contributed by atoms with Gasteiger partial charge in [-0.3, -0.25) is 0 Å². The molecule has 2 aromatic heterocycles. The molecular formula is C45H30N4O. The number of benzene rings is 7. The molecule has 9 aromatic rings. The molecule has 1 unspecified atom stereocenters. The number of nitrogens with one attached hydrogen (secondary N) is 1. The van der Waals surface area contributed by atoms with Crippen molar-refractivity contribution in [1.29, 1.82) is 0 Å². The predicted molar refractivity (Wildman–Crippen MR) is 205 cm³/mol. The zero-order valence-electron chi connectivity index (χ0n) is 27.0. The van der Waals surface area contributed by atoms with E-state index in [1.165, 1.54) is 10.8 Å². The summed E-state index contributed by atoms with van der Waals surface area (Å²) in [6.07, 6.45) is -0.244. The van der Waals surface area contributed by atoms with Crippen molar-refractivity contribution in [3.05, 3.63) is 187 Å². The third kappa shape index (κ3) is 4.63. The molecule has 0 aliphatic carbocycles. The second kappa shape index (κ2) is 11.5. The van der Waals surface area contributed by atoms with Crippen LogP contribution in [0.5, 0.6) is 0 Å². The largest absolute Gasteiger partial charge is 0.454 e. The van der Waals surface area contributed by atoms with E-state index in [0.717, 1.165) is 72.3 Å². The van der Waals surface area contributed by atoms with Gasteiger partial charge in [0.05, 0.1) is 11.0 Å². The first-order chi connectivity index (χ1) is 24.8. The third-order valence-electron chi connectivity index (χ3n) is 9.66. The van der Waals surface area contributed by atoms with E-state index in [0.29, 0.717) is 5.84 Å². The van der Waals surface area contributed by atoms with Crippen LogP contribution in [0, 0.1) is 0 Å². The molecule has 0 amide bonds. The number of para-hydroxylation sites is 2. The molecular weight excluding hydrogens is 613 g/mol. The summed E-state index contributed by atoms with van der Waals surface area (Å²) in [5, 5.41) is 8.18. The molecule has 0 radical (unpaired) electrons. The van der Waals surface area contributed by atoms with Gasteiger partial charge in [0.2, 0.25) is 0 Å². The fourth-order valence-electron chi connectivity index (χ4n) is 7.27. The molecule has 0 fully saturated rings. The molecule has 1 aliphatic rings. The van der Waals surface area contributed by atoms with Gasteiger partial charge >= 0.3 is 0 Å². The van der Waals surface area contributed by atoms with Crippen molar-refractivity contribution in [2.45, 2.75) is 6.17 Å². The first-order valence-electron chi connectivity index (χ1n) is 16.9. The van der Waals surface area contributed by atoms with Crippen LogP contribution in [0.15, 0.2) is 184 Å². The van der Waals surface area contributed by atoms with E-state index in [1.54, 1.807) is 0 Å². The predicted octanol–water partition coefficient (Wildman–Crippen LogP) is 10.8. The van der Waals surface area contributed by atoms with E-state index in [2.05, 4.69) is 131 Å². The Morgan fingerprint density at radius 2 is 1.20 bits per heavy atom. The molecule has 50 heavy (non-hydrogen) atoms. The van der Waals surface area contributed by atoms with Crippen LogP contribution in [-0.4, -0.2) is 16.2 Å². The van der Waals surface area contributed by atoms with E-state index in [9.17, 15) is 0 Å². The van der Waals surface area contributed by atoms with Gasteiger partial charge in [0.15, 0.2) is 11.4 Å². The fraction of sp³-hybridized carbons (Fsp3) is 0.0222. The molecule has 7 aromatic carbocycles. The quantitative estimate of drug-likeness (QED) is 0.203. The number of rotatable bonds is 5. The molecule has 236 valence electrons. The molecule has 10 rings (SSSR count). The number of amidine groups is 2. The Labute approximate surface area is 288 Å². The Bertz CT molecular complexity index is 2770. The lowest BCUT2D eigenvalue weighted by molar-refractivity contribution is 0.671. The molecule has 5 nitrogen and oxygen atoms in total. The molecule has 0 spiro atoms. The topological polar surface area (TPSA) is 54.8 Å². The Kier molecular flexibility index (Phi) is 6.49. The summed E-state index contributed by atoms with van der Waals surface area (Å²) in [6, 6.07) is 59.1. The first kappa shape index (κ1) is 28.3. The summed E-state index contributed by atoms with van der Waals surface area (Å²) in [5.74, 6) is 1.51. The van der Waals surface area contributed by atoms with Gasteiger partial charge in [0.25, 0.3) is 0 Å². The van der Waals surface area contributed by atoms with Gasteiger partial charge in [-0.25, -0.2) is 9.98 Å². The van der Waals surface area contributed by atoms with Crippen molar-refractivity contribution >= 4 is 55.4 Å². The number of furan rings is 1. The summed E-state index contributed by atoms with van der Waals surface area (Å²) in [4.78, 5) is 10.1. The monoisotopic (exact) mass is 642 g/mol. The maximum absolute atomic E-state index is 6.55. The van der Waals surface area contributed by atoms with Crippen molar-refractivity contribution in [3.8, 4) is 16.8 Å². The first-order valence-corrected chi connectivity index (χ1v) is 16.9. The smallest absolute Gasteiger partial charge is 0.160 e. The van der Waals surface area contributed by atoms with E-state index >= 15 is 0 Å². The Hall–Kier alpha value is -6.72. The molecule has 0 saturated carbocycles. The lowest BCUT2D eigenvalue weighted by Crippen LogP contribution is -2.33. The van der Waals surface area contributed by atoms with E-state index in [1.807, 2.05) is 48.5 Å². The minimum Gasteiger partial charge on any atom is -0.454 e. The van der Waals surface area contributed by atoms with Gasteiger partial charge in [0.1, 0.15) is 17.6 Å². The van der Waals surface area contributed by atoms with Crippen molar-refractivity contribution < 1.29 is 4.42 Å². The van der Waals surface area contributed by atoms with Gasteiger partial charge in [-0.15, -0.1) is 0 Å². The Morgan fingerprint density at radius 3 is 2.04 bits per heavy atom. The SMILES string of the molecule is c1ccc(C2=NC(c3cccc(-c4ccc(-n5c6ccccc6c6ccc7c8ccccc8oc7c65)cc4)c3)=NC(c3ccccc3)N2)cc1. The molecule has 1 atom stereocenters. The number of aromatic nitrogens is 1. The Morgan fingerprint density at radius 1 is 0.520 bits per heavy atom. The standard InChI is InChI=1S/C45H30N4O/c1-3-12-30(13-4-1)43-46-44(31-14-5-2-6-15-31)48-45(47-43)33-17-11-16-32(28-33)29-22-24-34(25-23-29)49-39-20-9-7-18-35(39)37-26-27-38-36-19-8-10-21-40(36)50-42(38)41(37)49/h1-28,43H,(H,46,47,48). The molecule has 0 saturated heterocycles. The number of aliphatic imine (C=N–C) groups is 2. The number of nitrogens with zero attached hydrogens (tertiary/aromatic N) is 3. The van der Waals surface area contributed by atoms with Crippen LogP contribution in [-0.2, 0) is 0 Å². The maximum atomic E-state index is 6.55. The molecule has 5 heteroatoms. The number of hydrogen-bond donors (Lipinski definition) is 1. The molecule has 0 bridgehead atoms. The zero-order valence-corrected chi connectivity index (χ0v) is 27.0. The van der Waals surface area contributed by atoms with E-state index < -0.39 is 0 Å². The lowest BCUT2D eigenvalue weighted by Gasteiger charge is -2.23. The summed E-state index contributed by atoms with van der Waals surface area (Å²) < 4.78 is 8.88. The average molecular weight is 643 g/mol. The number of fused-ring (bicyclic) bond motifs is 7. The van der Waals surface area contributed by atoms with Crippen molar-refractivity contribution in [1.82, 2.24) is 9.88 Å². The highest BCUT2D eigenvalue weighted by atomic mass is 16.3. The van der Waals surface area contributed by atoms with Crippen LogP contribution in [0.3, 0.4) is 0 Å². The highest BCUT2D eigenvalue weighted by Gasteiger charge is 2.22. The van der Waals surface area contributed by atoms with Crippen molar-refractivity contribution in [2.75, 3.05) is 0 Å². The Balaban J connectivity index is 1.07. The van der Waals surface area contributed by atoms with Crippen LogP contribution in [0.1, 0.15) is 22.9 Å². The van der Waals surface area contributed by atoms with E-state index in [4.69, 9.17) is 14.4 Å². The second-order valence-corrected chi connectivity index (χ2v) is 12.7. The van der Waals surface area contributed by atoms with Crippen molar-refractivity contribution in [3.63, 3.8) is 0 Å². The number of hydrogen-bond acceptors (Lipinski definition) is 4. The summed E-state index contributed by atoms with van der Waals surface area (Å²) >= 11 is 0. The minimum absolute atomic E-state index is 0.244. The average Bonchev–Trinajstić information content (AvgIpc) is 3.75. The van der Waals surface area contributed by atoms with Crippen LogP contribution in [0.25, 0.3) is 60.6 Å². The highest BCUT2D eigenvalue weighted by Crippen LogP contribution is 2.40. The molecule has 1 N–H and O–H groups in total. The third-order valence-corrected chi connectivity index (χ3v) is 9.66. The van der Waals surface area contributed by atoms with Gasteiger partial charge in [0, 0.05) is 38.4 Å². The summed E-state index contributed by atoms with van der Waals surface area (Å²) in [5.41, 5.74) is 10.4. The zero-order chi connectivity index (χ0) is 33.0. The van der Waals surface area contributed by atoms with Crippen LogP contribution in [0.4, 0.5) is 0 Å². The lowest BCUT2D eigenvalue weighted by atomic mass is 10.0. The maximum Gasteiger partial charge on any atom is 0.160 e. The summed E-state index contributed by atoms with van der Waals surface area (Å²) in [7, 11) is 0. The van der Waals surface area contributed by atoms with Crippen LogP contribution >= 0.6 is 0 Å². The molecule has 3 heterocycles. The van der Waals surface area contributed by atoms with Crippen LogP contribution in [0.2, 0.25) is 0 Å². The highest BCUT2D eigenvalue weighted by molar-refractivity contribution is 6.21. The minimum atomic E-state index is -0.244.